The summed E-state index contributed by atoms with van der Waals surface area (Å²) in [5.41, 5.74) is 3.17. The first-order valence-corrected chi connectivity index (χ1v) is 9.17. The summed E-state index contributed by atoms with van der Waals surface area (Å²) in [5.74, 6) is 0.471. The molecule has 0 aliphatic carbocycles. The molecule has 152 valence electrons. The molecule has 0 spiro atoms. The number of benzene rings is 2. The van der Waals surface area contributed by atoms with E-state index in [1.54, 1.807) is 31.4 Å². The van der Waals surface area contributed by atoms with Crippen LogP contribution in [0.3, 0.4) is 0 Å². The van der Waals surface area contributed by atoms with Gasteiger partial charge >= 0.3 is 0 Å². The molecule has 4 rings (SSSR count). The Morgan fingerprint density at radius 1 is 1.13 bits per heavy atom. The van der Waals surface area contributed by atoms with E-state index in [-0.39, 0.29) is 18.3 Å². The Morgan fingerprint density at radius 2 is 2.00 bits per heavy atom. The highest BCUT2D eigenvalue weighted by Crippen LogP contribution is 2.32. The molecule has 0 fully saturated rings. The summed E-state index contributed by atoms with van der Waals surface area (Å²) in [7, 11) is 3.07. The summed E-state index contributed by atoms with van der Waals surface area (Å²) in [4.78, 5) is 16.5. The Morgan fingerprint density at radius 3 is 2.77 bits per heavy atom. The monoisotopic (exact) mass is 406 g/mol. The van der Waals surface area contributed by atoms with E-state index in [4.69, 9.17) is 9.47 Å². The molecule has 4 aromatic rings. The first-order valence-electron chi connectivity index (χ1n) is 9.17. The fraction of sp³-hybridized carbons (Fsp3) is 0.136. The van der Waals surface area contributed by atoms with Crippen molar-refractivity contribution in [2.24, 2.45) is 0 Å². The number of aromatic nitrogens is 3. The fourth-order valence-corrected chi connectivity index (χ4v) is 3.21. The maximum atomic E-state index is 13.7. The summed E-state index contributed by atoms with van der Waals surface area (Å²) in [6, 6.07) is 11.5. The molecular weight excluding hydrogens is 387 g/mol. The van der Waals surface area contributed by atoms with Gasteiger partial charge < -0.3 is 14.8 Å². The van der Waals surface area contributed by atoms with Crippen LogP contribution in [0.4, 0.5) is 4.39 Å². The fourth-order valence-electron chi connectivity index (χ4n) is 3.21. The van der Waals surface area contributed by atoms with Gasteiger partial charge in [-0.15, -0.1) is 0 Å². The van der Waals surface area contributed by atoms with Crippen LogP contribution in [0, 0.1) is 5.82 Å². The lowest BCUT2D eigenvalue weighted by Crippen LogP contribution is -2.23. The van der Waals surface area contributed by atoms with Crippen molar-refractivity contribution in [3.05, 3.63) is 71.8 Å². The Balaban J connectivity index is 1.64. The molecule has 0 saturated heterocycles. The van der Waals surface area contributed by atoms with Gasteiger partial charge in [0.25, 0.3) is 5.91 Å². The van der Waals surface area contributed by atoms with E-state index in [2.05, 4.69) is 20.5 Å². The highest BCUT2D eigenvalue weighted by molar-refractivity contribution is 5.95. The Kier molecular flexibility index (Phi) is 5.30. The van der Waals surface area contributed by atoms with Crippen LogP contribution in [0.2, 0.25) is 0 Å². The van der Waals surface area contributed by atoms with Crippen LogP contribution in [0.5, 0.6) is 11.5 Å². The molecule has 8 heteroatoms. The Bertz CT molecular complexity index is 1220. The van der Waals surface area contributed by atoms with E-state index in [1.807, 2.05) is 6.07 Å². The van der Waals surface area contributed by atoms with Crippen molar-refractivity contribution in [3.8, 4) is 22.8 Å². The zero-order valence-corrected chi connectivity index (χ0v) is 16.4. The maximum absolute atomic E-state index is 13.7. The number of carbonyl (C=O) groups is 1. The molecule has 1 amide bonds. The van der Waals surface area contributed by atoms with Gasteiger partial charge in [-0.2, -0.15) is 5.10 Å². The first kappa shape index (κ1) is 19.4. The van der Waals surface area contributed by atoms with Gasteiger partial charge in [-0.3, -0.25) is 14.9 Å². The number of nitrogens with one attached hydrogen (secondary N) is 2. The average Bonchev–Trinajstić information content (AvgIpc) is 3.19. The smallest absolute Gasteiger partial charge is 0.253 e. The molecule has 2 aromatic heterocycles. The number of pyridine rings is 1. The number of ether oxygens (including phenoxy) is 2. The minimum atomic E-state index is -0.337. The topological polar surface area (TPSA) is 89.1 Å². The van der Waals surface area contributed by atoms with E-state index in [1.165, 1.54) is 31.6 Å². The van der Waals surface area contributed by atoms with Crippen LogP contribution >= 0.6 is 0 Å². The second-order valence-electron chi connectivity index (χ2n) is 6.59. The summed E-state index contributed by atoms with van der Waals surface area (Å²) in [6.07, 6.45) is 3.00. The normalized spacial score (nSPS) is 10.8. The molecule has 2 N–H and O–H groups in total. The number of methoxy groups -OCH3 is 2. The largest absolute Gasteiger partial charge is 0.496 e. The van der Waals surface area contributed by atoms with Crippen LogP contribution < -0.4 is 14.8 Å². The average molecular weight is 406 g/mol. The van der Waals surface area contributed by atoms with Gasteiger partial charge in [-0.25, -0.2) is 4.39 Å². The van der Waals surface area contributed by atoms with Crippen molar-refractivity contribution in [2.45, 2.75) is 6.54 Å². The van der Waals surface area contributed by atoms with Gasteiger partial charge in [0.05, 0.1) is 31.5 Å². The third-order valence-corrected chi connectivity index (χ3v) is 4.71. The minimum absolute atomic E-state index is 0.225. The van der Waals surface area contributed by atoms with Crippen LogP contribution in [-0.4, -0.2) is 35.3 Å². The van der Waals surface area contributed by atoms with E-state index in [9.17, 15) is 9.18 Å². The van der Waals surface area contributed by atoms with Gasteiger partial charge in [-0.1, -0.05) is 12.1 Å². The summed E-state index contributed by atoms with van der Waals surface area (Å²) >= 11 is 0. The van der Waals surface area contributed by atoms with Crippen molar-refractivity contribution < 1.29 is 18.7 Å². The quantitative estimate of drug-likeness (QED) is 0.510. The molecule has 0 unspecified atom stereocenters. The number of H-pyrrole nitrogens is 1. The van der Waals surface area contributed by atoms with Gasteiger partial charge in [0.1, 0.15) is 23.0 Å². The lowest BCUT2D eigenvalue weighted by Gasteiger charge is -2.11. The van der Waals surface area contributed by atoms with E-state index in [0.717, 1.165) is 16.5 Å². The maximum Gasteiger partial charge on any atom is 0.253 e. The summed E-state index contributed by atoms with van der Waals surface area (Å²) in [6.45, 7) is 0.225. The third-order valence-electron chi connectivity index (χ3n) is 4.71. The molecule has 0 atom stereocenters. The molecule has 0 radical (unpaired) electrons. The van der Waals surface area contributed by atoms with Crippen molar-refractivity contribution >= 4 is 16.8 Å². The van der Waals surface area contributed by atoms with Gasteiger partial charge in [-0.05, 0) is 24.3 Å². The number of fused-ring (bicyclic) bond motifs is 1. The number of hydrogen-bond acceptors (Lipinski definition) is 5. The first-order chi connectivity index (χ1) is 14.6. The van der Waals surface area contributed by atoms with Crippen molar-refractivity contribution in [2.75, 3.05) is 14.2 Å². The molecular formula is C22H19FN4O3. The molecule has 7 nitrogen and oxygen atoms in total. The number of amides is 1. The summed E-state index contributed by atoms with van der Waals surface area (Å²) < 4.78 is 24.2. The van der Waals surface area contributed by atoms with Crippen LogP contribution in [0.25, 0.3) is 22.2 Å². The van der Waals surface area contributed by atoms with E-state index < -0.39 is 0 Å². The number of nitrogens with zero attached hydrogens (tertiary/aromatic N) is 2. The number of aromatic amines is 1. The highest BCUT2D eigenvalue weighted by atomic mass is 19.1. The standard InChI is InChI=1S/C22H19FN4O3/c1-29-17-7-15(10-24-12-17)22(28)25-11-14-8-18-19(9-20(14)30-2)26-27-21(18)13-4-3-5-16(23)6-13/h3-10,12H,11H2,1-2H3,(H,25,28)(H,26,27). The molecule has 0 aliphatic rings. The van der Waals surface area contributed by atoms with Crippen LogP contribution in [0.1, 0.15) is 15.9 Å². The van der Waals surface area contributed by atoms with E-state index in [0.29, 0.717) is 28.3 Å². The van der Waals surface area contributed by atoms with Crippen LogP contribution in [-0.2, 0) is 6.54 Å². The molecule has 2 aromatic carbocycles. The van der Waals surface area contributed by atoms with Gasteiger partial charge in [0.15, 0.2) is 0 Å². The van der Waals surface area contributed by atoms with Crippen molar-refractivity contribution in [1.29, 1.82) is 0 Å². The van der Waals surface area contributed by atoms with Gasteiger partial charge in [0.2, 0.25) is 0 Å². The second kappa shape index (κ2) is 8.20. The Labute approximate surface area is 171 Å². The lowest BCUT2D eigenvalue weighted by molar-refractivity contribution is 0.0950. The minimum Gasteiger partial charge on any atom is -0.496 e. The zero-order valence-electron chi connectivity index (χ0n) is 16.4. The molecule has 30 heavy (non-hydrogen) atoms. The molecule has 0 aliphatic heterocycles. The predicted octanol–water partition coefficient (Wildman–Crippen LogP) is 3.71. The van der Waals surface area contributed by atoms with Crippen molar-refractivity contribution in [3.63, 3.8) is 0 Å². The predicted molar refractivity (Wildman–Crippen MR) is 110 cm³/mol. The Hall–Kier alpha value is -3.94. The van der Waals surface area contributed by atoms with Crippen LogP contribution in [0.15, 0.2) is 54.9 Å². The van der Waals surface area contributed by atoms with Crippen molar-refractivity contribution in [1.82, 2.24) is 20.5 Å². The number of carbonyl (C=O) groups excluding carboxylic acids is 1. The van der Waals surface area contributed by atoms with Gasteiger partial charge in [0, 0.05) is 35.3 Å². The molecule has 0 bridgehead atoms. The number of rotatable bonds is 6. The van der Waals surface area contributed by atoms with E-state index >= 15 is 0 Å². The highest BCUT2D eigenvalue weighted by Gasteiger charge is 2.15. The number of hydrogen-bond donors (Lipinski definition) is 2. The molecule has 0 saturated carbocycles. The molecule has 2 heterocycles. The zero-order chi connectivity index (χ0) is 21.1. The number of halogens is 1. The third kappa shape index (κ3) is 3.80. The summed E-state index contributed by atoms with van der Waals surface area (Å²) in [5, 5.41) is 10.9. The lowest BCUT2D eigenvalue weighted by atomic mass is 10.0. The SMILES string of the molecule is COc1cncc(C(=O)NCc2cc3c(-c4cccc(F)c4)n[nH]c3cc2OC)c1. The second-order valence-corrected chi connectivity index (χ2v) is 6.59.